The van der Waals surface area contributed by atoms with Gasteiger partial charge in [0, 0.05) is 6.42 Å². The van der Waals surface area contributed by atoms with E-state index in [1.165, 1.54) is 25.7 Å². The highest BCUT2D eigenvalue weighted by Crippen LogP contribution is 2.25. The van der Waals surface area contributed by atoms with Crippen LogP contribution in [0.15, 0.2) is 12.2 Å². The molecule has 0 aromatic rings. The Labute approximate surface area is 68.5 Å². The molecule has 0 aromatic carbocycles. The Bertz CT molecular complexity index is 132. The Morgan fingerprint density at radius 2 is 1.91 bits per heavy atom. The molecule has 0 heterocycles. The molecule has 1 aliphatic carbocycles. The van der Waals surface area contributed by atoms with Gasteiger partial charge in [0.15, 0.2) is 0 Å². The van der Waals surface area contributed by atoms with Crippen LogP contribution in [-0.4, -0.2) is 6.29 Å². The SMILES string of the molecule is O=CCCC=CC1CCCC1. The molecule has 0 saturated heterocycles. The summed E-state index contributed by atoms with van der Waals surface area (Å²) in [5.74, 6) is 0.821. The summed E-state index contributed by atoms with van der Waals surface area (Å²) in [5.41, 5.74) is 0. The summed E-state index contributed by atoms with van der Waals surface area (Å²) >= 11 is 0. The minimum atomic E-state index is 0.684. The van der Waals surface area contributed by atoms with E-state index < -0.39 is 0 Å². The average Bonchev–Trinajstić information content (AvgIpc) is 2.50. The first-order valence-electron chi connectivity index (χ1n) is 4.54. The van der Waals surface area contributed by atoms with Gasteiger partial charge in [0.05, 0.1) is 0 Å². The van der Waals surface area contributed by atoms with Gasteiger partial charge in [-0.05, 0) is 25.2 Å². The van der Waals surface area contributed by atoms with E-state index in [0.717, 1.165) is 18.6 Å². The minimum Gasteiger partial charge on any atom is -0.303 e. The zero-order valence-electron chi connectivity index (χ0n) is 6.96. The summed E-state index contributed by atoms with van der Waals surface area (Å²) < 4.78 is 0. The van der Waals surface area contributed by atoms with Crippen molar-refractivity contribution in [3.63, 3.8) is 0 Å². The Morgan fingerprint density at radius 3 is 2.55 bits per heavy atom. The van der Waals surface area contributed by atoms with E-state index in [0.29, 0.717) is 6.42 Å². The topological polar surface area (TPSA) is 17.1 Å². The van der Waals surface area contributed by atoms with Gasteiger partial charge < -0.3 is 4.79 Å². The highest BCUT2D eigenvalue weighted by Gasteiger charge is 2.10. The molecular weight excluding hydrogens is 136 g/mol. The van der Waals surface area contributed by atoms with Crippen molar-refractivity contribution in [2.75, 3.05) is 0 Å². The molecule has 62 valence electrons. The Hall–Kier alpha value is -0.590. The summed E-state index contributed by atoms with van der Waals surface area (Å²) in [4.78, 5) is 9.97. The fourth-order valence-electron chi connectivity index (χ4n) is 1.60. The van der Waals surface area contributed by atoms with Crippen molar-refractivity contribution in [3.05, 3.63) is 12.2 Å². The van der Waals surface area contributed by atoms with Crippen molar-refractivity contribution >= 4 is 6.29 Å². The van der Waals surface area contributed by atoms with Crippen LogP contribution in [-0.2, 0) is 4.79 Å². The second kappa shape index (κ2) is 5.11. The van der Waals surface area contributed by atoms with Gasteiger partial charge in [-0.25, -0.2) is 0 Å². The Kier molecular flexibility index (Phi) is 3.95. The zero-order chi connectivity index (χ0) is 7.94. The van der Waals surface area contributed by atoms with Crippen LogP contribution in [0.1, 0.15) is 38.5 Å². The first kappa shape index (κ1) is 8.51. The number of unbranched alkanes of at least 4 members (excludes halogenated alkanes) is 1. The van der Waals surface area contributed by atoms with E-state index in [2.05, 4.69) is 12.2 Å². The predicted octanol–water partition coefficient (Wildman–Crippen LogP) is 2.71. The number of hydrogen-bond donors (Lipinski definition) is 0. The van der Waals surface area contributed by atoms with Crippen molar-refractivity contribution in [2.45, 2.75) is 38.5 Å². The Morgan fingerprint density at radius 1 is 1.18 bits per heavy atom. The van der Waals surface area contributed by atoms with Gasteiger partial charge >= 0.3 is 0 Å². The molecule has 0 radical (unpaired) electrons. The highest BCUT2D eigenvalue weighted by atomic mass is 16.1. The molecular formula is C10H16O. The largest absolute Gasteiger partial charge is 0.303 e. The van der Waals surface area contributed by atoms with E-state index in [1.807, 2.05) is 0 Å². The van der Waals surface area contributed by atoms with Gasteiger partial charge in [-0.1, -0.05) is 25.0 Å². The molecule has 0 aliphatic heterocycles. The number of rotatable bonds is 4. The maximum Gasteiger partial charge on any atom is 0.120 e. The second-order valence-corrected chi connectivity index (χ2v) is 3.22. The Balaban J connectivity index is 2.07. The molecule has 1 rings (SSSR count). The number of carbonyl (C=O) groups excluding carboxylic acids is 1. The van der Waals surface area contributed by atoms with Gasteiger partial charge in [-0.3, -0.25) is 0 Å². The normalized spacial score (nSPS) is 19.6. The summed E-state index contributed by atoms with van der Waals surface area (Å²) in [5, 5.41) is 0. The lowest BCUT2D eigenvalue weighted by Gasteiger charge is -1.98. The van der Waals surface area contributed by atoms with Crippen LogP contribution in [0.4, 0.5) is 0 Å². The molecule has 0 N–H and O–H groups in total. The van der Waals surface area contributed by atoms with E-state index in [1.54, 1.807) is 0 Å². The number of hydrogen-bond acceptors (Lipinski definition) is 1. The zero-order valence-corrected chi connectivity index (χ0v) is 6.96. The van der Waals surface area contributed by atoms with Crippen LogP contribution < -0.4 is 0 Å². The lowest BCUT2D eigenvalue weighted by atomic mass is 10.1. The van der Waals surface area contributed by atoms with Crippen molar-refractivity contribution in [3.8, 4) is 0 Å². The number of aldehydes is 1. The quantitative estimate of drug-likeness (QED) is 0.344. The van der Waals surface area contributed by atoms with Crippen LogP contribution in [0.3, 0.4) is 0 Å². The highest BCUT2D eigenvalue weighted by molar-refractivity contribution is 5.49. The molecule has 0 atom stereocenters. The van der Waals surface area contributed by atoms with Crippen molar-refractivity contribution in [1.82, 2.24) is 0 Å². The number of allylic oxidation sites excluding steroid dienone is 2. The predicted molar refractivity (Wildman–Crippen MR) is 46.4 cm³/mol. The van der Waals surface area contributed by atoms with Gasteiger partial charge in [0.25, 0.3) is 0 Å². The third-order valence-corrected chi connectivity index (χ3v) is 2.26. The lowest BCUT2D eigenvalue weighted by molar-refractivity contribution is -0.107. The van der Waals surface area contributed by atoms with Gasteiger partial charge in [0.1, 0.15) is 6.29 Å². The summed E-state index contributed by atoms with van der Waals surface area (Å²) in [6.07, 6.45) is 12.5. The van der Waals surface area contributed by atoms with E-state index in [4.69, 9.17) is 0 Å². The maximum absolute atomic E-state index is 9.97. The van der Waals surface area contributed by atoms with E-state index in [-0.39, 0.29) is 0 Å². The van der Waals surface area contributed by atoms with Crippen molar-refractivity contribution in [2.24, 2.45) is 5.92 Å². The molecule has 11 heavy (non-hydrogen) atoms. The molecule has 0 spiro atoms. The van der Waals surface area contributed by atoms with Crippen LogP contribution >= 0.6 is 0 Å². The van der Waals surface area contributed by atoms with Crippen molar-refractivity contribution < 1.29 is 4.79 Å². The molecule has 0 aromatic heterocycles. The molecule has 1 fully saturated rings. The molecule has 1 saturated carbocycles. The lowest BCUT2D eigenvalue weighted by Crippen LogP contribution is -1.85. The molecule has 0 amide bonds. The summed E-state index contributed by atoms with van der Waals surface area (Å²) in [6, 6.07) is 0. The fraction of sp³-hybridized carbons (Fsp3) is 0.700. The van der Waals surface area contributed by atoms with E-state index >= 15 is 0 Å². The standard InChI is InChI=1S/C10H16O/c11-9-5-1-2-6-10-7-3-4-8-10/h2,6,9-10H,1,3-5,7-8H2. The van der Waals surface area contributed by atoms with Crippen LogP contribution in [0.2, 0.25) is 0 Å². The third kappa shape index (κ3) is 3.35. The van der Waals surface area contributed by atoms with Crippen LogP contribution in [0, 0.1) is 5.92 Å². The molecule has 1 heteroatoms. The molecule has 0 bridgehead atoms. The molecule has 0 unspecified atom stereocenters. The van der Waals surface area contributed by atoms with Crippen LogP contribution in [0.25, 0.3) is 0 Å². The first-order chi connectivity index (χ1) is 5.43. The van der Waals surface area contributed by atoms with Crippen LogP contribution in [0.5, 0.6) is 0 Å². The van der Waals surface area contributed by atoms with Crippen molar-refractivity contribution in [1.29, 1.82) is 0 Å². The molecule has 1 nitrogen and oxygen atoms in total. The van der Waals surface area contributed by atoms with Gasteiger partial charge in [0.2, 0.25) is 0 Å². The van der Waals surface area contributed by atoms with Gasteiger partial charge in [-0.15, -0.1) is 0 Å². The average molecular weight is 152 g/mol. The monoisotopic (exact) mass is 152 g/mol. The van der Waals surface area contributed by atoms with Gasteiger partial charge in [-0.2, -0.15) is 0 Å². The van der Waals surface area contributed by atoms with E-state index in [9.17, 15) is 4.79 Å². The first-order valence-corrected chi connectivity index (χ1v) is 4.54. The fourth-order valence-corrected chi connectivity index (χ4v) is 1.60. The maximum atomic E-state index is 9.97. The molecule has 1 aliphatic rings. The third-order valence-electron chi connectivity index (χ3n) is 2.26. The summed E-state index contributed by atoms with van der Waals surface area (Å²) in [7, 11) is 0. The second-order valence-electron chi connectivity index (χ2n) is 3.22. The smallest absolute Gasteiger partial charge is 0.120 e. The summed E-state index contributed by atoms with van der Waals surface area (Å²) in [6.45, 7) is 0. The number of carbonyl (C=O) groups is 1. The minimum absolute atomic E-state index is 0.684.